The molecule has 7 nitrogen and oxygen atoms in total. The Morgan fingerprint density at radius 2 is 1.46 bits per heavy atom. The summed E-state index contributed by atoms with van der Waals surface area (Å²) in [5.74, 6) is -1.82. The molecule has 0 saturated carbocycles. The van der Waals surface area contributed by atoms with E-state index in [2.05, 4.69) is 10.6 Å². The molecule has 0 aromatic heterocycles. The summed E-state index contributed by atoms with van der Waals surface area (Å²) in [6.45, 7) is 3.52. The molecule has 0 saturated heterocycles. The van der Waals surface area contributed by atoms with Crippen molar-refractivity contribution in [1.29, 1.82) is 0 Å². The molecule has 190 valence electrons. The van der Waals surface area contributed by atoms with Gasteiger partial charge in [0.05, 0.1) is 0 Å². The lowest BCUT2D eigenvalue weighted by Crippen LogP contribution is -2.49. The van der Waals surface area contributed by atoms with Crippen molar-refractivity contribution in [1.82, 2.24) is 10.2 Å². The van der Waals surface area contributed by atoms with Gasteiger partial charge in [-0.05, 0) is 46.9 Å². The van der Waals surface area contributed by atoms with Gasteiger partial charge in [0, 0.05) is 29.4 Å². The van der Waals surface area contributed by atoms with E-state index in [0.29, 0.717) is 11.3 Å². The van der Waals surface area contributed by atoms with Crippen molar-refractivity contribution in [3.05, 3.63) is 96.2 Å². The number of hydrogen-bond donors (Lipinski definition) is 3. The zero-order valence-corrected chi connectivity index (χ0v) is 21.7. The van der Waals surface area contributed by atoms with Crippen LogP contribution in [0.1, 0.15) is 29.8 Å². The lowest BCUT2D eigenvalue weighted by Gasteiger charge is -2.23. The molecule has 8 heteroatoms. The molecular formula is C29H29N3O4S. The van der Waals surface area contributed by atoms with Crippen molar-refractivity contribution >= 4 is 40.1 Å². The van der Waals surface area contributed by atoms with Gasteiger partial charge >= 0.3 is 5.97 Å². The predicted molar refractivity (Wildman–Crippen MR) is 148 cm³/mol. The van der Waals surface area contributed by atoms with Gasteiger partial charge in [0.15, 0.2) is 5.37 Å². The monoisotopic (exact) mass is 515 g/mol. The second kappa shape index (κ2) is 11.3. The smallest absolute Gasteiger partial charge is 0.326 e. The van der Waals surface area contributed by atoms with Crippen LogP contribution in [-0.4, -0.2) is 46.3 Å². The van der Waals surface area contributed by atoms with E-state index in [1.54, 1.807) is 37.9 Å². The fraction of sp³-hybridized carbons (Fsp3) is 0.207. The minimum atomic E-state index is -1.05. The molecule has 3 aromatic carbocycles. The predicted octanol–water partition coefficient (Wildman–Crippen LogP) is 5.13. The summed E-state index contributed by atoms with van der Waals surface area (Å²) in [7, 11) is 1.78. The van der Waals surface area contributed by atoms with Gasteiger partial charge in [-0.1, -0.05) is 80.2 Å². The number of carbonyl (C=O) groups excluding carboxylic acids is 2. The first-order valence-corrected chi connectivity index (χ1v) is 12.8. The first-order chi connectivity index (χ1) is 17.7. The number of rotatable bonds is 8. The van der Waals surface area contributed by atoms with Gasteiger partial charge in [-0.25, -0.2) is 4.79 Å². The first-order valence-electron chi connectivity index (χ1n) is 11.9. The number of benzene rings is 3. The van der Waals surface area contributed by atoms with E-state index in [-0.39, 0.29) is 17.7 Å². The van der Waals surface area contributed by atoms with E-state index < -0.39 is 17.4 Å². The number of carbonyl (C=O) groups is 3. The molecule has 4 rings (SSSR count). The van der Waals surface area contributed by atoms with Gasteiger partial charge in [0.25, 0.3) is 11.8 Å². The number of hydrogen-bond acceptors (Lipinski definition) is 5. The Kier molecular flexibility index (Phi) is 7.98. The summed E-state index contributed by atoms with van der Waals surface area (Å²) < 4.78 is 0. The number of nitrogens with one attached hydrogen (secondary N) is 2. The third-order valence-corrected chi connectivity index (χ3v) is 7.43. The second-order valence-corrected chi connectivity index (χ2v) is 10.3. The molecule has 0 fully saturated rings. The quantitative estimate of drug-likeness (QED) is 0.385. The van der Waals surface area contributed by atoms with Crippen LogP contribution in [0.3, 0.4) is 0 Å². The second-order valence-electron chi connectivity index (χ2n) is 9.17. The molecule has 0 spiro atoms. The molecule has 0 bridgehead atoms. The van der Waals surface area contributed by atoms with E-state index >= 15 is 0 Å². The fourth-order valence-electron chi connectivity index (χ4n) is 3.97. The van der Waals surface area contributed by atoms with Crippen molar-refractivity contribution in [3.8, 4) is 11.1 Å². The van der Waals surface area contributed by atoms with Crippen LogP contribution in [0.4, 0.5) is 5.69 Å². The van der Waals surface area contributed by atoms with Crippen LogP contribution in [0.15, 0.2) is 85.1 Å². The van der Waals surface area contributed by atoms with Gasteiger partial charge in [0.2, 0.25) is 0 Å². The Morgan fingerprint density at radius 1 is 0.865 bits per heavy atom. The van der Waals surface area contributed by atoms with Gasteiger partial charge in [-0.2, -0.15) is 0 Å². The van der Waals surface area contributed by atoms with Crippen LogP contribution in [0, 0.1) is 5.92 Å². The molecule has 2 atom stereocenters. The molecule has 37 heavy (non-hydrogen) atoms. The summed E-state index contributed by atoms with van der Waals surface area (Å²) in [5, 5.41) is 14.4. The summed E-state index contributed by atoms with van der Waals surface area (Å²) in [4.78, 5) is 39.6. The lowest BCUT2D eigenvalue weighted by molar-refractivity contribution is -0.143. The highest BCUT2D eigenvalue weighted by Crippen LogP contribution is 2.39. The lowest BCUT2D eigenvalue weighted by atomic mass is 10.0. The average Bonchev–Trinajstić information content (AvgIpc) is 3.29. The van der Waals surface area contributed by atoms with Gasteiger partial charge in [-0.15, -0.1) is 0 Å². The normalized spacial score (nSPS) is 15.7. The van der Waals surface area contributed by atoms with Crippen LogP contribution < -0.4 is 10.6 Å². The SMILES string of the molecule is CC(C)C(NC(=O)C1SC(c2ccc(NC(=O)c3ccc(-c4ccccc4)cc3)cc2)=CN1C)C(=O)O. The van der Waals surface area contributed by atoms with Crippen LogP contribution in [0.25, 0.3) is 16.0 Å². The number of aliphatic carboxylic acids is 1. The molecule has 2 unspecified atom stereocenters. The van der Waals surface area contributed by atoms with Crippen molar-refractivity contribution < 1.29 is 19.5 Å². The number of carboxylic acids is 1. The van der Waals surface area contributed by atoms with E-state index in [0.717, 1.165) is 21.6 Å². The summed E-state index contributed by atoms with van der Waals surface area (Å²) >= 11 is 1.36. The van der Waals surface area contributed by atoms with Gasteiger partial charge < -0.3 is 20.6 Å². The molecule has 2 amide bonds. The average molecular weight is 516 g/mol. The molecule has 1 aliphatic rings. The highest BCUT2D eigenvalue weighted by Gasteiger charge is 2.33. The molecule has 0 radical (unpaired) electrons. The van der Waals surface area contributed by atoms with Crippen LogP contribution in [-0.2, 0) is 9.59 Å². The maximum atomic E-state index is 12.7. The van der Waals surface area contributed by atoms with Crippen LogP contribution >= 0.6 is 11.8 Å². The number of amides is 2. The van der Waals surface area contributed by atoms with Crippen molar-refractivity contribution in [2.45, 2.75) is 25.3 Å². The summed E-state index contributed by atoms with van der Waals surface area (Å²) in [5.41, 5.74) is 4.26. The Hall–Kier alpha value is -4.04. The molecule has 3 aromatic rings. The van der Waals surface area contributed by atoms with Gasteiger partial charge in [0.1, 0.15) is 6.04 Å². The highest BCUT2D eigenvalue weighted by atomic mass is 32.2. The fourth-order valence-corrected chi connectivity index (χ4v) is 5.11. The Morgan fingerprint density at radius 3 is 2.05 bits per heavy atom. The molecule has 0 aliphatic carbocycles. The highest BCUT2D eigenvalue weighted by molar-refractivity contribution is 8.09. The van der Waals surface area contributed by atoms with Crippen LogP contribution in [0.5, 0.6) is 0 Å². The zero-order chi connectivity index (χ0) is 26.5. The number of nitrogens with zero attached hydrogens (tertiary/aromatic N) is 1. The third-order valence-electron chi connectivity index (χ3n) is 6.07. The molecular weight excluding hydrogens is 486 g/mol. The van der Waals surface area contributed by atoms with Gasteiger partial charge in [-0.3, -0.25) is 9.59 Å². The minimum Gasteiger partial charge on any atom is -0.480 e. The Bertz CT molecular complexity index is 1310. The summed E-state index contributed by atoms with van der Waals surface area (Å²) in [6, 6.07) is 23.9. The van der Waals surface area contributed by atoms with Crippen molar-refractivity contribution in [2.24, 2.45) is 5.92 Å². The van der Waals surface area contributed by atoms with E-state index in [1.807, 2.05) is 72.9 Å². The zero-order valence-electron chi connectivity index (χ0n) is 20.8. The standard InChI is InChI=1S/C29H29N3O4S/c1-18(2)25(29(35)36)31-27(34)28-32(3)17-24(37-28)21-13-15-23(16-14-21)30-26(33)22-11-9-20(10-12-22)19-7-5-4-6-8-19/h4-18,25,28H,1-3H3,(H,30,33)(H,31,34)(H,35,36). The summed E-state index contributed by atoms with van der Waals surface area (Å²) in [6.07, 6.45) is 1.86. The molecule has 1 heterocycles. The molecule has 3 N–H and O–H groups in total. The number of thioether (sulfide) groups is 1. The van der Waals surface area contributed by atoms with Crippen molar-refractivity contribution in [3.63, 3.8) is 0 Å². The maximum Gasteiger partial charge on any atom is 0.326 e. The van der Waals surface area contributed by atoms with E-state index in [4.69, 9.17) is 0 Å². The Balaban J connectivity index is 1.37. The molecule has 1 aliphatic heterocycles. The minimum absolute atomic E-state index is 0.198. The Labute approximate surface area is 220 Å². The number of carboxylic acid groups (broad SMARTS) is 1. The number of anilines is 1. The third kappa shape index (κ3) is 6.21. The van der Waals surface area contributed by atoms with E-state index in [1.165, 1.54) is 11.8 Å². The number of likely N-dealkylation sites (N-methyl/N-ethyl adjacent to an activating group) is 1. The topological polar surface area (TPSA) is 98.7 Å². The first kappa shape index (κ1) is 26.0. The van der Waals surface area contributed by atoms with Crippen LogP contribution in [0.2, 0.25) is 0 Å². The largest absolute Gasteiger partial charge is 0.480 e. The van der Waals surface area contributed by atoms with Crippen molar-refractivity contribution in [2.75, 3.05) is 12.4 Å². The van der Waals surface area contributed by atoms with E-state index in [9.17, 15) is 19.5 Å². The maximum absolute atomic E-state index is 12.7.